The van der Waals surface area contributed by atoms with Gasteiger partial charge in [0.15, 0.2) is 0 Å². The van der Waals surface area contributed by atoms with E-state index < -0.39 is 29.5 Å². The molecule has 36 heavy (non-hydrogen) atoms. The van der Waals surface area contributed by atoms with Crippen LogP contribution in [0.25, 0.3) is 21.2 Å². The second-order valence-corrected chi connectivity index (χ2v) is 8.22. The number of hydrogen-bond acceptors (Lipinski definition) is 6. The molecule has 0 fully saturated rings. The third-order valence-corrected chi connectivity index (χ3v) is 5.40. The number of halogens is 3. The van der Waals surface area contributed by atoms with Crippen LogP contribution in [-0.2, 0) is 0 Å². The van der Waals surface area contributed by atoms with Gasteiger partial charge < -0.3 is 19.7 Å². The van der Waals surface area contributed by atoms with Crippen molar-refractivity contribution in [3.05, 3.63) is 99.7 Å². The number of thiazole rings is 1. The number of benzene rings is 3. The standard InChI is InChI=1S/C9H5ClO3.C8H5NO2S.C7H4F2O2/c10-6-1-2-7-5(3-6)4-8(13-7)9(11)12;10-8(11)5-1-2-6-7(3-5)12-4-9-6;8-5-1-4(7(10)11)2-6(9)3-5/h1-4H,(H,11,12);1-4H,(H,10,11);1-3H,(H,10,11). The van der Waals surface area contributed by atoms with Gasteiger partial charge in [0, 0.05) is 16.5 Å². The van der Waals surface area contributed by atoms with Crippen LogP contribution in [-0.4, -0.2) is 38.2 Å². The number of furan rings is 1. The minimum atomic E-state index is -1.34. The van der Waals surface area contributed by atoms with Crippen molar-refractivity contribution >= 4 is 62.0 Å². The second-order valence-electron chi connectivity index (χ2n) is 6.90. The molecule has 0 radical (unpaired) electrons. The zero-order valence-corrected chi connectivity index (χ0v) is 19.4. The molecule has 5 aromatic rings. The third kappa shape index (κ3) is 6.84. The summed E-state index contributed by atoms with van der Waals surface area (Å²) < 4.78 is 30.5. The highest BCUT2D eigenvalue weighted by Crippen LogP contribution is 2.23. The van der Waals surface area contributed by atoms with Gasteiger partial charge in [-0.3, -0.25) is 0 Å². The predicted octanol–water partition coefficient (Wildman–Crippen LogP) is 6.44. The largest absolute Gasteiger partial charge is 0.478 e. The Balaban J connectivity index is 0.000000151. The van der Waals surface area contributed by atoms with Crippen molar-refractivity contribution in [3.8, 4) is 0 Å². The first-order chi connectivity index (χ1) is 17.0. The van der Waals surface area contributed by atoms with Crippen LogP contribution in [0, 0.1) is 11.6 Å². The summed E-state index contributed by atoms with van der Waals surface area (Å²) in [6, 6.07) is 13.4. The van der Waals surface area contributed by atoms with Gasteiger partial charge in [-0.1, -0.05) is 11.6 Å². The molecular weight excluding hydrogens is 520 g/mol. The SMILES string of the molecule is O=C(O)c1cc(F)cc(F)c1.O=C(O)c1cc2cc(Cl)ccc2o1.O=C(O)c1ccc2ncsc2c1. The van der Waals surface area contributed by atoms with Crippen LogP contribution < -0.4 is 0 Å². The van der Waals surface area contributed by atoms with Crippen molar-refractivity contribution in [1.82, 2.24) is 4.98 Å². The third-order valence-electron chi connectivity index (χ3n) is 4.38. The minimum absolute atomic E-state index is 0.0720. The molecule has 12 heteroatoms. The number of rotatable bonds is 3. The average molecular weight is 534 g/mol. The summed E-state index contributed by atoms with van der Waals surface area (Å²) in [6.07, 6.45) is 0. The van der Waals surface area contributed by atoms with E-state index in [1.54, 1.807) is 41.9 Å². The fourth-order valence-electron chi connectivity index (χ4n) is 2.79. The molecule has 0 aliphatic heterocycles. The van der Waals surface area contributed by atoms with Gasteiger partial charge >= 0.3 is 17.9 Å². The maximum absolute atomic E-state index is 12.3. The van der Waals surface area contributed by atoms with Crippen molar-refractivity contribution in [2.75, 3.05) is 0 Å². The lowest BCUT2D eigenvalue weighted by molar-refractivity contribution is 0.0660. The molecular formula is C24H14ClF2NO7S. The van der Waals surface area contributed by atoms with Crippen LogP contribution in [0.5, 0.6) is 0 Å². The van der Waals surface area contributed by atoms with Crippen molar-refractivity contribution < 1.29 is 42.9 Å². The number of carboxylic acid groups (broad SMARTS) is 3. The van der Waals surface area contributed by atoms with Gasteiger partial charge in [-0.05, 0) is 54.6 Å². The van der Waals surface area contributed by atoms with Gasteiger partial charge in [0.25, 0.3) is 0 Å². The molecule has 2 heterocycles. The van der Waals surface area contributed by atoms with Crippen LogP contribution in [0.3, 0.4) is 0 Å². The van der Waals surface area contributed by atoms with Gasteiger partial charge in [-0.25, -0.2) is 28.1 Å². The molecule has 184 valence electrons. The van der Waals surface area contributed by atoms with Crippen LogP contribution in [0.1, 0.15) is 31.3 Å². The molecule has 0 unspecified atom stereocenters. The molecule has 0 aliphatic rings. The first-order valence-corrected chi connectivity index (χ1v) is 11.0. The van der Waals surface area contributed by atoms with E-state index in [0.717, 1.165) is 22.3 Å². The summed E-state index contributed by atoms with van der Waals surface area (Å²) >= 11 is 7.16. The highest BCUT2D eigenvalue weighted by atomic mass is 35.5. The van der Waals surface area contributed by atoms with Crippen LogP contribution in [0.2, 0.25) is 5.02 Å². The molecule has 0 saturated heterocycles. The molecule has 5 rings (SSSR count). The molecule has 0 saturated carbocycles. The van der Waals surface area contributed by atoms with Crippen molar-refractivity contribution in [1.29, 1.82) is 0 Å². The highest BCUT2D eigenvalue weighted by Gasteiger charge is 2.10. The predicted molar refractivity (Wildman–Crippen MR) is 128 cm³/mol. The number of nitrogens with zero attached hydrogens (tertiary/aromatic N) is 1. The quantitative estimate of drug-likeness (QED) is 0.241. The summed E-state index contributed by atoms with van der Waals surface area (Å²) in [5.41, 5.74) is 3.01. The van der Waals surface area contributed by atoms with Gasteiger partial charge in [-0.15, -0.1) is 11.3 Å². The molecule has 0 bridgehead atoms. The number of carboxylic acids is 3. The van der Waals surface area contributed by atoms with Crippen LogP contribution >= 0.6 is 22.9 Å². The first-order valence-electron chi connectivity index (χ1n) is 9.72. The molecule has 0 atom stereocenters. The fourth-order valence-corrected chi connectivity index (χ4v) is 3.68. The van der Waals surface area contributed by atoms with E-state index in [1.807, 2.05) is 0 Å². The molecule has 8 nitrogen and oxygen atoms in total. The van der Waals surface area contributed by atoms with E-state index in [2.05, 4.69) is 4.98 Å². The Bertz CT molecular complexity index is 1560. The summed E-state index contributed by atoms with van der Waals surface area (Å²) in [5, 5.41) is 26.9. The molecule has 2 aromatic heterocycles. The Morgan fingerprint density at radius 1 is 0.806 bits per heavy atom. The topological polar surface area (TPSA) is 138 Å². The summed E-state index contributed by atoms with van der Waals surface area (Å²) in [6.45, 7) is 0. The lowest BCUT2D eigenvalue weighted by Crippen LogP contribution is -1.97. The lowest BCUT2D eigenvalue weighted by Gasteiger charge is -1.93. The molecule has 0 aliphatic carbocycles. The average Bonchev–Trinajstić information content (AvgIpc) is 3.45. The van der Waals surface area contributed by atoms with Gasteiger partial charge in [0.1, 0.15) is 17.2 Å². The minimum Gasteiger partial charge on any atom is -0.478 e. The number of fused-ring (bicyclic) bond motifs is 2. The van der Waals surface area contributed by atoms with Crippen LogP contribution in [0.4, 0.5) is 8.78 Å². The Morgan fingerprint density at radius 2 is 1.47 bits per heavy atom. The van der Waals surface area contributed by atoms with Crippen molar-refractivity contribution in [2.45, 2.75) is 0 Å². The van der Waals surface area contributed by atoms with Gasteiger partial charge in [0.2, 0.25) is 5.76 Å². The molecule has 0 spiro atoms. The van der Waals surface area contributed by atoms with E-state index in [0.29, 0.717) is 27.6 Å². The summed E-state index contributed by atoms with van der Waals surface area (Å²) in [4.78, 5) is 35.3. The van der Waals surface area contributed by atoms with E-state index in [1.165, 1.54) is 17.4 Å². The highest BCUT2D eigenvalue weighted by molar-refractivity contribution is 7.16. The molecule has 0 amide bonds. The normalized spacial score (nSPS) is 10.2. The second kappa shape index (κ2) is 11.4. The smallest absolute Gasteiger partial charge is 0.371 e. The lowest BCUT2D eigenvalue weighted by atomic mass is 10.2. The van der Waals surface area contributed by atoms with Crippen molar-refractivity contribution in [3.63, 3.8) is 0 Å². The molecule has 3 N–H and O–H groups in total. The van der Waals surface area contributed by atoms with Crippen molar-refractivity contribution in [2.24, 2.45) is 0 Å². The number of carbonyl (C=O) groups is 3. The number of hydrogen-bond donors (Lipinski definition) is 3. The maximum Gasteiger partial charge on any atom is 0.371 e. The van der Waals surface area contributed by atoms with E-state index in [9.17, 15) is 23.2 Å². The Labute approximate surface area is 209 Å². The van der Waals surface area contributed by atoms with E-state index in [-0.39, 0.29) is 11.3 Å². The van der Waals surface area contributed by atoms with Crippen LogP contribution in [0.15, 0.2) is 70.6 Å². The maximum atomic E-state index is 12.3. The Hall–Kier alpha value is -4.35. The fraction of sp³-hybridized carbons (Fsp3) is 0. The Kier molecular flexibility index (Phi) is 8.30. The Morgan fingerprint density at radius 3 is 2.08 bits per heavy atom. The van der Waals surface area contributed by atoms with Gasteiger partial charge in [0.05, 0.1) is 26.9 Å². The first kappa shape index (κ1) is 26.3. The zero-order chi connectivity index (χ0) is 26.4. The zero-order valence-electron chi connectivity index (χ0n) is 17.8. The van der Waals surface area contributed by atoms with E-state index in [4.69, 9.17) is 31.3 Å². The van der Waals surface area contributed by atoms with Gasteiger partial charge in [-0.2, -0.15) is 0 Å². The monoisotopic (exact) mass is 533 g/mol. The van der Waals surface area contributed by atoms with E-state index >= 15 is 0 Å². The number of aromatic carboxylic acids is 3. The summed E-state index contributed by atoms with van der Waals surface area (Å²) in [7, 11) is 0. The molecule has 3 aromatic carbocycles. The number of aromatic nitrogens is 1. The summed E-state index contributed by atoms with van der Waals surface area (Å²) in [5.74, 6) is -5.16.